The van der Waals surface area contributed by atoms with E-state index in [-0.39, 0.29) is 11.1 Å². The van der Waals surface area contributed by atoms with Gasteiger partial charge >= 0.3 is 12.4 Å². The molecule has 2 aliphatic heterocycles. The normalized spacial score (nSPS) is 18.5. The highest BCUT2D eigenvalue weighted by Crippen LogP contribution is 2.39. The minimum Gasteiger partial charge on any atom is -0.507 e. The maximum absolute atomic E-state index is 12.8. The second kappa shape index (κ2) is 14.6. The molecule has 2 aromatic carbocycles. The lowest BCUT2D eigenvalue weighted by molar-refractivity contribution is -0.138. The summed E-state index contributed by atoms with van der Waals surface area (Å²) < 4.78 is 76.8. The Morgan fingerprint density at radius 2 is 1.00 bits per heavy atom. The van der Waals surface area contributed by atoms with Gasteiger partial charge in [0.1, 0.15) is 23.1 Å². The van der Waals surface area contributed by atoms with Gasteiger partial charge in [0.05, 0.1) is 22.5 Å². The molecule has 0 amide bonds. The van der Waals surface area contributed by atoms with Crippen LogP contribution >= 0.6 is 0 Å². The molecule has 50 heavy (non-hydrogen) atoms. The predicted molar refractivity (Wildman–Crippen MR) is 177 cm³/mol. The lowest BCUT2D eigenvalue weighted by Gasteiger charge is -2.14. The number of nitrogens with one attached hydrogen (secondary N) is 2. The van der Waals surface area contributed by atoms with Crippen LogP contribution in [0.3, 0.4) is 0 Å². The van der Waals surface area contributed by atoms with Gasteiger partial charge in [-0.1, -0.05) is 0 Å². The van der Waals surface area contributed by atoms with Crippen LogP contribution in [-0.4, -0.2) is 92.8 Å². The van der Waals surface area contributed by atoms with E-state index in [1.54, 1.807) is 24.3 Å². The number of aromatic nitrogens is 4. The largest absolute Gasteiger partial charge is 0.507 e. The van der Waals surface area contributed by atoms with Gasteiger partial charge in [-0.15, -0.1) is 20.4 Å². The molecule has 6 rings (SSSR count). The number of benzene rings is 2. The van der Waals surface area contributed by atoms with E-state index in [0.717, 1.165) is 51.2 Å². The number of hydrogen-bond acceptors (Lipinski definition) is 10. The average Bonchev–Trinajstić information content (AvgIpc) is 3.64. The van der Waals surface area contributed by atoms with Crippen LogP contribution in [-0.2, 0) is 12.4 Å². The van der Waals surface area contributed by atoms with Crippen molar-refractivity contribution >= 4 is 11.6 Å². The molecular formula is C34H38F6N8O2. The second-order valence-electron chi connectivity index (χ2n) is 12.8. The van der Waals surface area contributed by atoms with Gasteiger partial charge in [0.2, 0.25) is 0 Å². The van der Waals surface area contributed by atoms with Crippen molar-refractivity contribution in [1.29, 1.82) is 0 Å². The first-order chi connectivity index (χ1) is 23.5. The maximum atomic E-state index is 12.8. The molecule has 0 spiro atoms. The van der Waals surface area contributed by atoms with Gasteiger partial charge in [-0.25, -0.2) is 0 Å². The van der Waals surface area contributed by atoms with Crippen molar-refractivity contribution < 1.29 is 36.6 Å². The van der Waals surface area contributed by atoms with Crippen molar-refractivity contribution in [3.63, 3.8) is 0 Å². The second-order valence-corrected chi connectivity index (χ2v) is 12.8. The third kappa shape index (κ3) is 8.90. The number of halogens is 6. The quantitative estimate of drug-likeness (QED) is 0.164. The summed E-state index contributed by atoms with van der Waals surface area (Å²) in [5.74, 6) is 0.292. The molecule has 268 valence electrons. The zero-order valence-electron chi connectivity index (χ0n) is 27.9. The van der Waals surface area contributed by atoms with Crippen LogP contribution in [0.1, 0.15) is 35.1 Å². The third-order valence-corrected chi connectivity index (χ3v) is 8.61. The zero-order valence-corrected chi connectivity index (χ0v) is 27.9. The molecule has 2 aliphatic rings. The van der Waals surface area contributed by atoms with Crippen LogP contribution in [0.15, 0.2) is 48.5 Å². The molecule has 2 unspecified atom stereocenters. The van der Waals surface area contributed by atoms with Crippen molar-refractivity contribution in [1.82, 2.24) is 30.2 Å². The first-order valence-electron chi connectivity index (χ1n) is 15.9. The number of hydrogen-bond donors (Lipinski definition) is 4. The highest BCUT2D eigenvalue weighted by atomic mass is 19.4. The third-order valence-electron chi connectivity index (χ3n) is 8.61. The molecule has 0 bridgehead atoms. The smallest absolute Gasteiger partial charge is 0.416 e. The minimum absolute atomic E-state index is 0.257. The monoisotopic (exact) mass is 704 g/mol. The number of phenols is 2. The molecule has 0 saturated carbocycles. The van der Waals surface area contributed by atoms with E-state index in [2.05, 4.69) is 40.8 Å². The van der Waals surface area contributed by atoms with Gasteiger partial charge in [0, 0.05) is 36.3 Å². The molecule has 0 aliphatic carbocycles. The number of likely N-dealkylation sites (N-methyl/N-ethyl adjacent to an activating group) is 2. The number of rotatable bonds is 6. The molecule has 2 fully saturated rings. The van der Waals surface area contributed by atoms with Crippen LogP contribution in [0.25, 0.3) is 22.5 Å². The molecule has 4 heterocycles. The van der Waals surface area contributed by atoms with Gasteiger partial charge in [0.15, 0.2) is 0 Å². The Bertz CT molecular complexity index is 1610. The zero-order chi connectivity index (χ0) is 36.4. The molecule has 2 atom stereocenters. The minimum atomic E-state index is -4.51. The molecule has 16 heteroatoms. The number of nitrogens with zero attached hydrogens (tertiary/aromatic N) is 6. The number of aromatic hydroxyl groups is 2. The Kier molecular flexibility index (Phi) is 10.7. The summed E-state index contributed by atoms with van der Waals surface area (Å²) in [5.41, 5.74) is -0.0128. The summed E-state index contributed by atoms with van der Waals surface area (Å²) in [6.07, 6.45) is -6.99. The first kappa shape index (κ1) is 36.6. The highest BCUT2D eigenvalue weighted by Gasteiger charge is 2.33. The van der Waals surface area contributed by atoms with E-state index in [1.165, 1.54) is 13.8 Å². The standard InChI is InChI=1S/2C17H19F3N4O/c2*1-10-7-11(17(18,19)20)8-14(25)16(10)13-3-4-15(23-22-13)21-12-5-6-24(2)9-12/h2*3-4,7-8,12,25H,5-6,9H2,1-2H3,(H,21,23). The summed E-state index contributed by atoms with van der Waals surface area (Å²) >= 11 is 0. The van der Waals surface area contributed by atoms with Crippen LogP contribution in [0.2, 0.25) is 0 Å². The number of likely N-dealkylation sites (tertiary alicyclic amines) is 2. The molecule has 0 radical (unpaired) electrons. The van der Waals surface area contributed by atoms with Crippen molar-refractivity contribution in [3.8, 4) is 34.0 Å². The Hall–Kier alpha value is -4.70. The molecule has 4 aromatic rings. The molecule has 10 nitrogen and oxygen atoms in total. The van der Waals surface area contributed by atoms with Gasteiger partial charge < -0.3 is 30.6 Å². The van der Waals surface area contributed by atoms with E-state index in [0.29, 0.717) is 58.4 Å². The fraction of sp³-hybridized carbons (Fsp3) is 0.412. The van der Waals surface area contributed by atoms with Crippen LogP contribution in [0.4, 0.5) is 38.0 Å². The molecule has 2 aromatic heterocycles. The molecule has 2 saturated heterocycles. The summed E-state index contributed by atoms with van der Waals surface area (Å²) in [7, 11) is 4.10. The topological polar surface area (TPSA) is 123 Å². The summed E-state index contributed by atoms with van der Waals surface area (Å²) in [5, 5.41) is 42.9. The first-order valence-corrected chi connectivity index (χ1v) is 15.9. The summed E-state index contributed by atoms with van der Waals surface area (Å²) in [6, 6.07) is 10.7. The van der Waals surface area contributed by atoms with E-state index in [4.69, 9.17) is 0 Å². The van der Waals surface area contributed by atoms with Gasteiger partial charge in [-0.2, -0.15) is 26.3 Å². The fourth-order valence-corrected chi connectivity index (χ4v) is 6.14. The average molecular weight is 705 g/mol. The van der Waals surface area contributed by atoms with Gasteiger partial charge in [0.25, 0.3) is 0 Å². The maximum Gasteiger partial charge on any atom is 0.416 e. The SMILES string of the molecule is Cc1cc(C(F)(F)F)cc(O)c1-c1ccc(NC2CCN(C)C2)nn1.Cc1cc(C(F)(F)F)cc(O)c1-c1ccc(NC2CCN(C)C2)nn1. The fourth-order valence-electron chi connectivity index (χ4n) is 6.14. The van der Waals surface area contributed by atoms with Crippen molar-refractivity contribution in [2.75, 3.05) is 50.9 Å². The number of aryl methyl sites for hydroxylation is 2. The van der Waals surface area contributed by atoms with E-state index in [1.807, 2.05) is 14.1 Å². The summed E-state index contributed by atoms with van der Waals surface area (Å²) in [4.78, 5) is 4.42. The highest BCUT2D eigenvalue weighted by molar-refractivity contribution is 5.72. The van der Waals surface area contributed by atoms with Crippen molar-refractivity contribution in [3.05, 3.63) is 70.8 Å². The lowest BCUT2D eigenvalue weighted by atomic mass is 10.0. The molecule has 4 N–H and O–H groups in total. The Morgan fingerprint density at radius 1 is 0.620 bits per heavy atom. The van der Waals surface area contributed by atoms with Gasteiger partial charge in [-0.3, -0.25) is 0 Å². The number of anilines is 2. The van der Waals surface area contributed by atoms with E-state index in [9.17, 15) is 36.6 Å². The molecular weight excluding hydrogens is 666 g/mol. The van der Waals surface area contributed by atoms with E-state index >= 15 is 0 Å². The Morgan fingerprint density at radius 3 is 1.26 bits per heavy atom. The van der Waals surface area contributed by atoms with Gasteiger partial charge in [-0.05, 0) is 114 Å². The van der Waals surface area contributed by atoms with Crippen LogP contribution in [0, 0.1) is 13.8 Å². The lowest BCUT2D eigenvalue weighted by Crippen LogP contribution is -2.24. The van der Waals surface area contributed by atoms with Crippen molar-refractivity contribution in [2.45, 2.75) is 51.1 Å². The Balaban J connectivity index is 0.000000194. The number of phenolic OH excluding ortho intramolecular Hbond substituents is 2. The predicted octanol–water partition coefficient (Wildman–Crippen LogP) is 6.58. The summed E-state index contributed by atoms with van der Waals surface area (Å²) in [6.45, 7) is 6.88. The van der Waals surface area contributed by atoms with Crippen LogP contribution < -0.4 is 10.6 Å². The number of alkyl halides is 6. The van der Waals surface area contributed by atoms with Crippen molar-refractivity contribution in [2.24, 2.45) is 0 Å². The Labute approximate surface area is 285 Å². The van der Waals surface area contributed by atoms with Crippen LogP contribution in [0.5, 0.6) is 11.5 Å². The van der Waals surface area contributed by atoms with E-state index < -0.39 is 35.0 Å².